The Hall–Kier alpha value is -2.71. The third-order valence-corrected chi connectivity index (χ3v) is 6.90. The number of nitrogens with one attached hydrogen (secondary N) is 2. The number of benzene rings is 1. The van der Waals surface area contributed by atoms with E-state index >= 15 is 0 Å². The van der Waals surface area contributed by atoms with Crippen LogP contribution in [0.2, 0.25) is 0 Å². The van der Waals surface area contributed by atoms with E-state index in [0.29, 0.717) is 13.0 Å². The molecule has 0 fully saturated rings. The molecule has 1 aliphatic rings. The summed E-state index contributed by atoms with van der Waals surface area (Å²) in [5, 5.41) is 15.5. The molecule has 0 radical (unpaired) electrons. The normalized spacial score (nSPS) is 16.5. The lowest BCUT2D eigenvalue weighted by atomic mass is 10.1. The molecule has 1 heterocycles. The summed E-state index contributed by atoms with van der Waals surface area (Å²) in [6.07, 6.45) is 2.14. The van der Waals surface area contributed by atoms with E-state index in [1.807, 2.05) is 0 Å². The number of hydrogen-bond donors (Lipinski definition) is 5. The highest BCUT2D eigenvalue weighted by atomic mass is 79.9. The van der Waals surface area contributed by atoms with Gasteiger partial charge in [-0.25, -0.2) is 8.42 Å². The average Bonchev–Trinajstić information content (AvgIpc) is 3.19. The van der Waals surface area contributed by atoms with Crippen LogP contribution in [0, 0.1) is 0 Å². The molecule has 1 aromatic rings. The van der Waals surface area contributed by atoms with Gasteiger partial charge in [0.2, 0.25) is 10.0 Å². The summed E-state index contributed by atoms with van der Waals surface area (Å²) < 4.78 is 27.4. The minimum Gasteiger partial charge on any atom is -0.480 e. The molecule has 0 saturated heterocycles. The van der Waals surface area contributed by atoms with Gasteiger partial charge in [0.15, 0.2) is 5.96 Å². The summed E-state index contributed by atoms with van der Waals surface area (Å²) in [6, 6.07) is 4.39. The zero-order valence-corrected chi connectivity index (χ0v) is 19.4. The summed E-state index contributed by atoms with van der Waals surface area (Å²) in [5.41, 5.74) is 10.6. The van der Waals surface area contributed by atoms with Crippen LogP contribution < -0.4 is 21.5 Å². The van der Waals surface area contributed by atoms with Crippen molar-refractivity contribution in [2.45, 2.75) is 42.7 Å². The second-order valence-electron chi connectivity index (χ2n) is 6.92. The Bertz CT molecular complexity index is 995. The number of rotatable bonds is 12. The van der Waals surface area contributed by atoms with E-state index in [1.165, 1.54) is 18.2 Å². The van der Waals surface area contributed by atoms with E-state index in [2.05, 4.69) is 36.1 Å². The number of aliphatic imine (C=N–C) groups is 1. The molecule has 12 nitrogen and oxygen atoms in total. The maximum absolute atomic E-state index is 12.5. The van der Waals surface area contributed by atoms with Crippen molar-refractivity contribution in [2.75, 3.05) is 13.1 Å². The molecular formula is C18H25BrN6O6S. The van der Waals surface area contributed by atoms with Crippen LogP contribution in [-0.2, 0) is 24.4 Å². The number of nitrogens with zero attached hydrogens (tertiary/aromatic N) is 2. The molecular weight excluding hydrogens is 508 g/mol. The zero-order chi connectivity index (χ0) is 23.7. The lowest BCUT2D eigenvalue weighted by molar-refractivity contribution is -0.138. The topological polar surface area (TPSA) is 199 Å². The van der Waals surface area contributed by atoms with Crippen molar-refractivity contribution in [2.24, 2.45) is 21.6 Å². The van der Waals surface area contributed by atoms with Gasteiger partial charge < -0.3 is 26.7 Å². The predicted molar refractivity (Wildman–Crippen MR) is 120 cm³/mol. The summed E-state index contributed by atoms with van der Waals surface area (Å²) in [4.78, 5) is 32.8. The first-order valence-corrected chi connectivity index (χ1v) is 11.9. The molecule has 14 heteroatoms. The van der Waals surface area contributed by atoms with Gasteiger partial charge in [-0.15, -0.1) is 0 Å². The molecule has 2 rings (SSSR count). The van der Waals surface area contributed by atoms with Crippen LogP contribution in [0.3, 0.4) is 0 Å². The summed E-state index contributed by atoms with van der Waals surface area (Å²) in [7, 11) is -4.14. The molecule has 1 unspecified atom stereocenters. The lowest BCUT2D eigenvalue weighted by Crippen LogP contribution is -2.49. The van der Waals surface area contributed by atoms with Gasteiger partial charge >= 0.3 is 5.97 Å². The predicted octanol–water partition coefficient (Wildman–Crippen LogP) is -0.115. The van der Waals surface area contributed by atoms with E-state index in [-0.39, 0.29) is 33.6 Å². The van der Waals surface area contributed by atoms with Crippen LogP contribution in [-0.4, -0.2) is 62.3 Å². The third-order valence-electron chi connectivity index (χ3n) is 4.41. The first-order chi connectivity index (χ1) is 15.1. The van der Waals surface area contributed by atoms with Crippen molar-refractivity contribution in [1.29, 1.82) is 0 Å². The largest absolute Gasteiger partial charge is 0.480 e. The van der Waals surface area contributed by atoms with Crippen molar-refractivity contribution in [1.82, 2.24) is 10.0 Å². The quantitative estimate of drug-likeness (QED) is 0.139. The molecule has 1 aliphatic heterocycles. The summed E-state index contributed by atoms with van der Waals surface area (Å²) in [5.74, 6) is -2.04. The number of carboxylic acids is 1. The van der Waals surface area contributed by atoms with Crippen molar-refractivity contribution in [3.8, 4) is 0 Å². The second-order valence-corrected chi connectivity index (χ2v) is 9.46. The number of sulfonamides is 1. The van der Waals surface area contributed by atoms with E-state index in [0.717, 1.165) is 12.8 Å². The molecule has 0 aliphatic carbocycles. The van der Waals surface area contributed by atoms with Gasteiger partial charge in [0.25, 0.3) is 5.91 Å². The SMILES string of the molecule is NC(N)=NCCCCC1CC(C(=O)NC[C@H](NS(=O)(=O)c2ccccc2Br)C(=O)O)=NO1. The van der Waals surface area contributed by atoms with Crippen molar-refractivity contribution in [3.63, 3.8) is 0 Å². The van der Waals surface area contributed by atoms with Crippen LogP contribution in [0.25, 0.3) is 0 Å². The number of guanidine groups is 1. The standard InChI is InChI=1S/C18H25BrN6O6S/c19-12-6-1-2-7-15(12)32(29,30)25-14(17(27)28)10-23-16(26)13-9-11(31-24-13)5-3-4-8-22-18(20)21/h1-2,6-7,11,14,25H,3-5,8-10H2,(H,23,26)(H,27,28)(H4,20,21,22)/t11?,14-/m0/s1. The highest BCUT2D eigenvalue weighted by Crippen LogP contribution is 2.21. The van der Waals surface area contributed by atoms with Crippen LogP contribution in [0.4, 0.5) is 0 Å². The maximum atomic E-state index is 12.5. The number of carbonyl (C=O) groups excluding carboxylic acids is 1. The highest BCUT2D eigenvalue weighted by molar-refractivity contribution is 9.10. The van der Waals surface area contributed by atoms with Crippen LogP contribution in [0.15, 0.2) is 43.8 Å². The molecule has 0 bridgehead atoms. The van der Waals surface area contributed by atoms with Gasteiger partial charge in [-0.05, 0) is 47.3 Å². The van der Waals surface area contributed by atoms with Crippen molar-refractivity contribution in [3.05, 3.63) is 28.7 Å². The number of unbranched alkanes of at least 4 members (excludes halogenated alkanes) is 1. The molecule has 1 amide bonds. The first kappa shape index (κ1) is 25.5. The number of carbonyl (C=O) groups is 2. The number of hydrogen-bond acceptors (Lipinski definition) is 7. The van der Waals surface area contributed by atoms with Gasteiger partial charge in [-0.2, -0.15) is 4.72 Å². The fourth-order valence-electron chi connectivity index (χ4n) is 2.80. The molecule has 0 saturated carbocycles. The third kappa shape index (κ3) is 7.76. The number of carboxylic acid groups (broad SMARTS) is 1. The Morgan fingerprint density at radius 1 is 1.31 bits per heavy atom. The highest BCUT2D eigenvalue weighted by Gasteiger charge is 2.29. The molecule has 1 aromatic carbocycles. The minimum absolute atomic E-state index is 0.0303. The Kier molecular flexibility index (Phi) is 9.41. The molecule has 0 aromatic heterocycles. The number of amides is 1. The molecule has 176 valence electrons. The summed E-state index contributed by atoms with van der Waals surface area (Å²) >= 11 is 3.12. The zero-order valence-electron chi connectivity index (χ0n) is 17.0. The average molecular weight is 533 g/mol. The lowest BCUT2D eigenvalue weighted by Gasteiger charge is -2.16. The van der Waals surface area contributed by atoms with E-state index < -0.39 is 34.5 Å². The Labute approximate surface area is 193 Å². The number of oxime groups is 1. The van der Waals surface area contributed by atoms with Crippen molar-refractivity contribution < 1.29 is 28.0 Å². The van der Waals surface area contributed by atoms with Crippen LogP contribution in [0.5, 0.6) is 0 Å². The molecule has 7 N–H and O–H groups in total. The minimum atomic E-state index is -4.14. The van der Waals surface area contributed by atoms with Gasteiger partial charge in [0, 0.05) is 24.0 Å². The Balaban J connectivity index is 1.84. The second kappa shape index (κ2) is 11.8. The number of nitrogens with two attached hydrogens (primary N) is 2. The summed E-state index contributed by atoms with van der Waals surface area (Å²) in [6.45, 7) is 0.0232. The number of aliphatic carboxylic acids is 1. The van der Waals surface area contributed by atoms with Gasteiger partial charge in [-0.1, -0.05) is 17.3 Å². The van der Waals surface area contributed by atoms with Crippen LogP contribution >= 0.6 is 15.9 Å². The molecule has 0 spiro atoms. The van der Waals surface area contributed by atoms with E-state index in [1.54, 1.807) is 6.07 Å². The molecule has 2 atom stereocenters. The monoisotopic (exact) mass is 532 g/mol. The maximum Gasteiger partial charge on any atom is 0.323 e. The van der Waals surface area contributed by atoms with Gasteiger partial charge in [0.1, 0.15) is 17.9 Å². The van der Waals surface area contributed by atoms with Crippen molar-refractivity contribution >= 4 is 49.5 Å². The van der Waals surface area contributed by atoms with E-state index in [9.17, 15) is 23.1 Å². The number of halogens is 1. The Morgan fingerprint density at radius 2 is 2.03 bits per heavy atom. The van der Waals surface area contributed by atoms with E-state index in [4.69, 9.17) is 16.3 Å². The smallest absolute Gasteiger partial charge is 0.323 e. The fraction of sp³-hybridized carbons (Fsp3) is 0.444. The fourth-order valence-corrected chi connectivity index (χ4v) is 4.99. The van der Waals surface area contributed by atoms with Gasteiger partial charge in [-0.3, -0.25) is 14.6 Å². The Morgan fingerprint density at radius 3 is 2.69 bits per heavy atom. The first-order valence-electron chi connectivity index (χ1n) is 9.66. The molecule has 32 heavy (non-hydrogen) atoms. The van der Waals surface area contributed by atoms with Crippen LogP contribution in [0.1, 0.15) is 25.7 Å². The van der Waals surface area contributed by atoms with Gasteiger partial charge in [0.05, 0.1) is 4.90 Å².